The van der Waals surface area contributed by atoms with Gasteiger partial charge >= 0.3 is 5.97 Å². The van der Waals surface area contributed by atoms with E-state index in [9.17, 15) is 4.79 Å². The van der Waals surface area contributed by atoms with Crippen LogP contribution in [0.25, 0.3) is 22.3 Å². The molecule has 3 aromatic rings. The van der Waals surface area contributed by atoms with Crippen molar-refractivity contribution in [3.05, 3.63) is 78.9 Å². The first-order valence-corrected chi connectivity index (χ1v) is 9.68. The van der Waals surface area contributed by atoms with Crippen LogP contribution in [0.15, 0.2) is 78.9 Å². The Balaban J connectivity index is 2.15. The summed E-state index contributed by atoms with van der Waals surface area (Å²) < 4.78 is 6.14. The van der Waals surface area contributed by atoms with Crippen LogP contribution in [0.1, 0.15) is 34.6 Å². The normalized spacial score (nSPS) is 11.9. The fourth-order valence-electron chi connectivity index (χ4n) is 2.86. The fourth-order valence-corrected chi connectivity index (χ4v) is 2.86. The molecule has 0 aliphatic rings. The van der Waals surface area contributed by atoms with Crippen molar-refractivity contribution in [3.63, 3.8) is 0 Å². The first kappa shape index (κ1) is 19.9. The number of ether oxygens (including phenoxy) is 1. The molecule has 0 fully saturated rings. The maximum absolute atomic E-state index is 13.2. The van der Waals surface area contributed by atoms with E-state index in [0.717, 1.165) is 22.3 Å². The molecule has 0 spiro atoms. The van der Waals surface area contributed by atoms with Crippen LogP contribution >= 0.6 is 0 Å². The summed E-state index contributed by atoms with van der Waals surface area (Å²) in [6, 6.07) is 26.1. The van der Waals surface area contributed by atoms with Crippen LogP contribution in [-0.4, -0.2) is 5.97 Å². The highest BCUT2D eigenvalue weighted by atomic mass is 16.5. The minimum Gasteiger partial charge on any atom is -0.425 e. The molecule has 0 aliphatic carbocycles. The first-order valence-electron chi connectivity index (χ1n) is 9.68. The Morgan fingerprint density at radius 2 is 1.07 bits per heavy atom. The third-order valence-corrected chi connectivity index (χ3v) is 5.76. The van der Waals surface area contributed by atoms with E-state index >= 15 is 0 Å². The van der Waals surface area contributed by atoms with Crippen LogP contribution in [0.5, 0.6) is 5.75 Å². The molecule has 144 valence electrons. The maximum atomic E-state index is 13.2. The van der Waals surface area contributed by atoms with Crippen LogP contribution in [-0.2, 0) is 4.79 Å². The molecule has 3 aromatic carbocycles. The summed E-state index contributed by atoms with van der Waals surface area (Å²) in [5.41, 5.74) is 3.03. The molecule has 0 radical (unpaired) electrons. The minimum absolute atomic E-state index is 0.222. The second-order valence-electron chi connectivity index (χ2n) is 8.68. The molecule has 2 heteroatoms. The topological polar surface area (TPSA) is 26.3 Å². The SMILES string of the molecule is CC(C)(C)C(C)(C)C(=O)Oc1c(-c2ccccc2)cccc1-c1ccccc1. The highest BCUT2D eigenvalue weighted by Crippen LogP contribution is 2.43. The zero-order valence-corrected chi connectivity index (χ0v) is 17.3. The van der Waals surface area contributed by atoms with Crippen LogP contribution in [0.3, 0.4) is 0 Å². The van der Waals surface area contributed by atoms with E-state index in [1.54, 1.807) is 0 Å². The number of carbonyl (C=O) groups is 1. The summed E-state index contributed by atoms with van der Waals surface area (Å²) in [5.74, 6) is 0.391. The third kappa shape index (κ3) is 3.87. The van der Waals surface area contributed by atoms with Gasteiger partial charge in [-0.1, -0.05) is 99.6 Å². The monoisotopic (exact) mass is 372 g/mol. The molecule has 0 aromatic heterocycles. The molecule has 0 bridgehead atoms. The molecule has 3 rings (SSSR count). The van der Waals surface area contributed by atoms with Gasteiger partial charge in [0, 0.05) is 11.1 Å². The standard InChI is InChI=1S/C26H28O2/c1-25(2,3)26(4,5)24(27)28-23-21(19-13-8-6-9-14-19)17-12-18-22(23)20-15-10-7-11-16-20/h6-18H,1-5H3. The van der Waals surface area contributed by atoms with Gasteiger partial charge in [-0.05, 0) is 30.4 Å². The Kier molecular flexibility index (Phi) is 5.42. The molecule has 28 heavy (non-hydrogen) atoms. The predicted molar refractivity (Wildman–Crippen MR) is 116 cm³/mol. The lowest BCUT2D eigenvalue weighted by molar-refractivity contribution is -0.149. The van der Waals surface area contributed by atoms with E-state index < -0.39 is 5.41 Å². The van der Waals surface area contributed by atoms with E-state index in [4.69, 9.17) is 4.74 Å². The lowest BCUT2D eigenvalue weighted by Gasteiger charge is -2.36. The second-order valence-corrected chi connectivity index (χ2v) is 8.68. The van der Waals surface area contributed by atoms with Crippen molar-refractivity contribution in [2.24, 2.45) is 10.8 Å². The Morgan fingerprint density at radius 1 is 0.643 bits per heavy atom. The Hall–Kier alpha value is -2.87. The third-order valence-electron chi connectivity index (χ3n) is 5.76. The highest BCUT2D eigenvalue weighted by Gasteiger charge is 2.42. The van der Waals surface area contributed by atoms with Gasteiger partial charge in [0.05, 0.1) is 5.41 Å². The van der Waals surface area contributed by atoms with Crippen molar-refractivity contribution in [2.75, 3.05) is 0 Å². The minimum atomic E-state index is -0.634. The molecule has 0 N–H and O–H groups in total. The summed E-state index contributed by atoms with van der Waals surface area (Å²) in [6.45, 7) is 10.1. The highest BCUT2D eigenvalue weighted by molar-refractivity contribution is 5.88. The van der Waals surface area contributed by atoms with Crippen LogP contribution in [0.4, 0.5) is 0 Å². The number of benzene rings is 3. The van der Waals surface area contributed by atoms with Gasteiger partial charge in [-0.2, -0.15) is 0 Å². The molecule has 0 amide bonds. The van der Waals surface area contributed by atoms with E-state index in [-0.39, 0.29) is 11.4 Å². The van der Waals surface area contributed by atoms with Gasteiger partial charge in [0.15, 0.2) is 0 Å². The van der Waals surface area contributed by atoms with Gasteiger partial charge in [-0.15, -0.1) is 0 Å². The van der Waals surface area contributed by atoms with Gasteiger partial charge < -0.3 is 4.74 Å². The predicted octanol–water partition coefficient (Wildman–Crippen LogP) is 7.00. The first-order chi connectivity index (χ1) is 13.2. The zero-order valence-electron chi connectivity index (χ0n) is 17.3. The smallest absolute Gasteiger partial charge is 0.317 e. The number of hydrogen-bond acceptors (Lipinski definition) is 2. The van der Waals surface area contributed by atoms with Crippen molar-refractivity contribution in [2.45, 2.75) is 34.6 Å². The van der Waals surface area contributed by atoms with Gasteiger partial charge in [0.1, 0.15) is 5.75 Å². The number of rotatable bonds is 4. The van der Waals surface area contributed by atoms with Crippen molar-refractivity contribution < 1.29 is 9.53 Å². The molecular formula is C26H28O2. The number of para-hydroxylation sites is 1. The van der Waals surface area contributed by atoms with Gasteiger partial charge in [-0.3, -0.25) is 4.79 Å². The molecule has 0 unspecified atom stereocenters. The summed E-state index contributed by atoms with van der Waals surface area (Å²) in [5, 5.41) is 0. The van der Waals surface area contributed by atoms with Crippen LogP contribution in [0.2, 0.25) is 0 Å². The average Bonchev–Trinajstić information content (AvgIpc) is 2.68. The number of hydrogen-bond donors (Lipinski definition) is 0. The molecule has 0 atom stereocenters. The van der Waals surface area contributed by atoms with Crippen molar-refractivity contribution in [1.29, 1.82) is 0 Å². The molecule has 0 heterocycles. The summed E-state index contributed by atoms with van der Waals surface area (Å²) in [7, 11) is 0. The molecule has 0 aliphatic heterocycles. The lowest BCUT2D eigenvalue weighted by atomic mass is 9.69. The fraction of sp³-hybridized carbons (Fsp3) is 0.269. The Bertz CT molecular complexity index is 891. The van der Waals surface area contributed by atoms with Gasteiger partial charge in [0.25, 0.3) is 0 Å². The molecule has 0 saturated carbocycles. The summed E-state index contributed by atoms with van der Waals surface area (Å²) >= 11 is 0. The van der Waals surface area contributed by atoms with E-state index in [0.29, 0.717) is 5.75 Å². The Labute approximate surface area is 168 Å². The number of esters is 1. The van der Waals surface area contributed by atoms with Crippen molar-refractivity contribution in [1.82, 2.24) is 0 Å². The van der Waals surface area contributed by atoms with Gasteiger partial charge in [-0.25, -0.2) is 0 Å². The maximum Gasteiger partial charge on any atom is 0.317 e. The van der Waals surface area contributed by atoms with Crippen molar-refractivity contribution in [3.8, 4) is 28.0 Å². The zero-order chi connectivity index (χ0) is 20.4. The molecule has 0 saturated heterocycles. The van der Waals surface area contributed by atoms with E-state index in [1.807, 2.05) is 92.7 Å². The Morgan fingerprint density at radius 3 is 1.46 bits per heavy atom. The molecular weight excluding hydrogens is 344 g/mol. The van der Waals surface area contributed by atoms with E-state index in [2.05, 4.69) is 20.8 Å². The number of carbonyl (C=O) groups excluding carboxylic acids is 1. The van der Waals surface area contributed by atoms with Crippen LogP contribution in [0, 0.1) is 10.8 Å². The summed E-state index contributed by atoms with van der Waals surface area (Å²) in [6.07, 6.45) is 0. The summed E-state index contributed by atoms with van der Waals surface area (Å²) in [4.78, 5) is 13.2. The average molecular weight is 373 g/mol. The van der Waals surface area contributed by atoms with Crippen molar-refractivity contribution >= 4 is 5.97 Å². The second kappa shape index (κ2) is 7.63. The van der Waals surface area contributed by atoms with Gasteiger partial charge in [0.2, 0.25) is 0 Å². The lowest BCUT2D eigenvalue weighted by Crippen LogP contribution is -2.40. The quantitative estimate of drug-likeness (QED) is 0.364. The molecule has 2 nitrogen and oxygen atoms in total. The largest absolute Gasteiger partial charge is 0.425 e. The van der Waals surface area contributed by atoms with E-state index in [1.165, 1.54) is 0 Å². The van der Waals surface area contributed by atoms with Crippen LogP contribution < -0.4 is 4.74 Å².